The minimum atomic E-state index is -0.361. The van der Waals surface area contributed by atoms with E-state index < -0.39 is 0 Å². The predicted molar refractivity (Wildman–Crippen MR) is 61.9 cm³/mol. The van der Waals surface area contributed by atoms with Crippen molar-refractivity contribution >= 4 is 23.2 Å². The number of aromatic nitrogens is 1. The van der Waals surface area contributed by atoms with Crippen LogP contribution in [0.4, 0.5) is 5.69 Å². The molecule has 0 bridgehead atoms. The molecule has 0 aromatic carbocycles. The molecular weight excluding hydrogens is 212 g/mol. The number of hydrogen-bond donors (Lipinski definition) is 1. The van der Waals surface area contributed by atoms with Gasteiger partial charge in [-0.1, -0.05) is 32.4 Å². The van der Waals surface area contributed by atoms with Crippen LogP contribution in [0.3, 0.4) is 0 Å². The van der Waals surface area contributed by atoms with Gasteiger partial charge in [0.25, 0.3) is 0 Å². The van der Waals surface area contributed by atoms with Crippen LogP contribution in [0.1, 0.15) is 27.2 Å². The number of rotatable bonds is 3. The van der Waals surface area contributed by atoms with E-state index in [0.717, 1.165) is 6.42 Å². The van der Waals surface area contributed by atoms with Crippen LogP contribution in [0.5, 0.6) is 0 Å². The molecule has 0 atom stereocenters. The molecule has 0 aliphatic heterocycles. The quantitative estimate of drug-likeness (QED) is 0.805. The maximum absolute atomic E-state index is 11.8. The van der Waals surface area contributed by atoms with Gasteiger partial charge in [0.1, 0.15) is 5.15 Å². The second kappa shape index (κ2) is 4.62. The molecule has 1 aromatic rings. The number of halogens is 1. The molecule has 0 aliphatic rings. The summed E-state index contributed by atoms with van der Waals surface area (Å²) in [5, 5.41) is 3.22. The lowest BCUT2D eigenvalue weighted by Crippen LogP contribution is -2.29. The molecule has 1 heterocycles. The standard InChI is InChI=1S/C11H15ClN2O/c1-4-11(2,3)10(15)14-8-5-6-9(12)13-7-8/h5-7H,4H2,1-3H3,(H,14,15). The number of nitrogens with zero attached hydrogens (tertiary/aromatic N) is 1. The SMILES string of the molecule is CCC(C)(C)C(=O)Nc1ccc(Cl)nc1. The van der Waals surface area contributed by atoms with Gasteiger partial charge in [-0.25, -0.2) is 4.98 Å². The molecule has 0 unspecified atom stereocenters. The van der Waals surface area contributed by atoms with Crippen LogP contribution in [0.15, 0.2) is 18.3 Å². The summed E-state index contributed by atoms with van der Waals surface area (Å²) in [6, 6.07) is 3.38. The van der Waals surface area contributed by atoms with Crippen LogP contribution in [-0.2, 0) is 4.79 Å². The number of hydrogen-bond acceptors (Lipinski definition) is 2. The molecule has 3 nitrogen and oxygen atoms in total. The Bertz CT molecular complexity index is 346. The Kier molecular flexibility index (Phi) is 3.69. The first-order valence-corrected chi connectivity index (χ1v) is 5.26. The molecule has 0 fully saturated rings. The summed E-state index contributed by atoms with van der Waals surface area (Å²) in [5.74, 6) is -0.00544. The summed E-state index contributed by atoms with van der Waals surface area (Å²) in [4.78, 5) is 15.7. The van der Waals surface area contributed by atoms with Gasteiger partial charge in [0, 0.05) is 5.41 Å². The Hall–Kier alpha value is -1.09. The van der Waals surface area contributed by atoms with Gasteiger partial charge in [0.2, 0.25) is 5.91 Å². The Morgan fingerprint density at radius 3 is 2.67 bits per heavy atom. The lowest BCUT2D eigenvalue weighted by molar-refractivity contribution is -0.124. The molecule has 0 spiro atoms. The van der Waals surface area contributed by atoms with Crippen molar-refractivity contribution in [3.8, 4) is 0 Å². The molecule has 1 aromatic heterocycles. The highest BCUT2D eigenvalue weighted by Gasteiger charge is 2.25. The van der Waals surface area contributed by atoms with Crippen LogP contribution in [0.2, 0.25) is 5.15 Å². The number of pyridine rings is 1. The number of nitrogens with one attached hydrogen (secondary N) is 1. The van der Waals surface area contributed by atoms with E-state index in [4.69, 9.17) is 11.6 Å². The van der Waals surface area contributed by atoms with E-state index in [-0.39, 0.29) is 11.3 Å². The fraction of sp³-hybridized carbons (Fsp3) is 0.455. The van der Waals surface area contributed by atoms with E-state index in [1.807, 2.05) is 20.8 Å². The van der Waals surface area contributed by atoms with Crippen molar-refractivity contribution in [2.24, 2.45) is 5.41 Å². The van der Waals surface area contributed by atoms with Crippen molar-refractivity contribution < 1.29 is 4.79 Å². The molecule has 0 saturated carbocycles. The first kappa shape index (κ1) is 12.0. The summed E-state index contributed by atoms with van der Waals surface area (Å²) in [6.45, 7) is 5.80. The van der Waals surface area contributed by atoms with Crippen LogP contribution in [0, 0.1) is 5.41 Å². The van der Waals surface area contributed by atoms with Crippen LogP contribution in [-0.4, -0.2) is 10.9 Å². The summed E-state index contributed by atoms with van der Waals surface area (Å²) in [7, 11) is 0. The molecule has 1 N–H and O–H groups in total. The number of anilines is 1. The van der Waals surface area contributed by atoms with Gasteiger partial charge in [0.05, 0.1) is 11.9 Å². The summed E-state index contributed by atoms with van der Waals surface area (Å²) >= 11 is 5.64. The smallest absolute Gasteiger partial charge is 0.230 e. The Morgan fingerprint density at radius 2 is 2.20 bits per heavy atom. The first-order chi connectivity index (χ1) is 6.95. The highest BCUT2D eigenvalue weighted by atomic mass is 35.5. The number of carbonyl (C=O) groups is 1. The Morgan fingerprint density at radius 1 is 1.53 bits per heavy atom. The minimum absolute atomic E-state index is 0.00544. The second-order valence-electron chi connectivity index (χ2n) is 4.06. The summed E-state index contributed by atoms with van der Waals surface area (Å²) in [5.41, 5.74) is 0.311. The second-order valence-corrected chi connectivity index (χ2v) is 4.45. The van der Waals surface area contributed by atoms with Crippen molar-refractivity contribution in [2.45, 2.75) is 27.2 Å². The van der Waals surface area contributed by atoms with Gasteiger partial charge in [-0.2, -0.15) is 0 Å². The Labute approximate surface area is 94.9 Å². The van der Waals surface area contributed by atoms with Crippen molar-refractivity contribution in [1.29, 1.82) is 0 Å². The van der Waals surface area contributed by atoms with E-state index in [1.165, 1.54) is 0 Å². The summed E-state index contributed by atoms with van der Waals surface area (Å²) < 4.78 is 0. The van der Waals surface area contributed by atoms with E-state index in [2.05, 4.69) is 10.3 Å². The van der Waals surface area contributed by atoms with Crippen molar-refractivity contribution in [3.05, 3.63) is 23.5 Å². The molecule has 0 saturated heterocycles. The normalized spacial score (nSPS) is 11.2. The summed E-state index contributed by atoms with van der Waals surface area (Å²) in [6.07, 6.45) is 2.34. The fourth-order valence-corrected chi connectivity index (χ4v) is 1.02. The van der Waals surface area contributed by atoms with Crippen LogP contribution in [0.25, 0.3) is 0 Å². The lowest BCUT2D eigenvalue weighted by atomic mass is 9.89. The molecule has 0 radical (unpaired) electrons. The maximum atomic E-state index is 11.8. The highest BCUT2D eigenvalue weighted by Crippen LogP contribution is 2.22. The highest BCUT2D eigenvalue weighted by molar-refractivity contribution is 6.29. The van der Waals surface area contributed by atoms with Crippen molar-refractivity contribution in [2.75, 3.05) is 5.32 Å². The monoisotopic (exact) mass is 226 g/mol. The zero-order valence-corrected chi connectivity index (χ0v) is 9.93. The molecular formula is C11H15ClN2O. The predicted octanol–water partition coefficient (Wildman–Crippen LogP) is 3.11. The average molecular weight is 227 g/mol. The molecule has 82 valence electrons. The van der Waals surface area contributed by atoms with Crippen molar-refractivity contribution in [1.82, 2.24) is 4.98 Å². The largest absolute Gasteiger partial charge is 0.324 e. The third kappa shape index (κ3) is 3.20. The maximum Gasteiger partial charge on any atom is 0.230 e. The van der Waals surface area contributed by atoms with E-state index >= 15 is 0 Å². The topological polar surface area (TPSA) is 42.0 Å². The molecule has 1 amide bonds. The number of amides is 1. The molecule has 15 heavy (non-hydrogen) atoms. The van der Waals surface area contributed by atoms with Gasteiger partial charge in [0.15, 0.2) is 0 Å². The number of carbonyl (C=O) groups excluding carboxylic acids is 1. The van der Waals surface area contributed by atoms with Gasteiger partial charge in [-0.15, -0.1) is 0 Å². The minimum Gasteiger partial charge on any atom is -0.324 e. The lowest BCUT2D eigenvalue weighted by Gasteiger charge is -2.21. The fourth-order valence-electron chi connectivity index (χ4n) is 0.911. The molecule has 0 aliphatic carbocycles. The zero-order chi connectivity index (χ0) is 11.5. The van der Waals surface area contributed by atoms with Gasteiger partial charge >= 0.3 is 0 Å². The average Bonchev–Trinajstić information content (AvgIpc) is 2.21. The molecule has 4 heteroatoms. The van der Waals surface area contributed by atoms with Gasteiger partial charge in [-0.3, -0.25) is 4.79 Å². The first-order valence-electron chi connectivity index (χ1n) is 4.88. The third-order valence-corrected chi connectivity index (χ3v) is 2.71. The van der Waals surface area contributed by atoms with E-state index in [0.29, 0.717) is 10.8 Å². The Balaban J connectivity index is 2.71. The van der Waals surface area contributed by atoms with Gasteiger partial charge in [-0.05, 0) is 18.6 Å². The van der Waals surface area contributed by atoms with Crippen LogP contribution >= 0.6 is 11.6 Å². The van der Waals surface area contributed by atoms with E-state index in [1.54, 1.807) is 18.3 Å². The van der Waals surface area contributed by atoms with Gasteiger partial charge < -0.3 is 5.32 Å². The van der Waals surface area contributed by atoms with Crippen LogP contribution < -0.4 is 5.32 Å². The van der Waals surface area contributed by atoms with Crippen molar-refractivity contribution in [3.63, 3.8) is 0 Å². The zero-order valence-electron chi connectivity index (χ0n) is 9.17. The third-order valence-electron chi connectivity index (χ3n) is 2.48. The van der Waals surface area contributed by atoms with E-state index in [9.17, 15) is 4.79 Å². The molecule has 1 rings (SSSR count).